The monoisotopic (exact) mass is 330 g/mol. The van der Waals surface area contributed by atoms with Crippen molar-refractivity contribution in [2.24, 2.45) is 0 Å². The van der Waals surface area contributed by atoms with Gasteiger partial charge in [-0.05, 0) is 24.3 Å². The fourth-order valence-electron chi connectivity index (χ4n) is 2.26. The van der Waals surface area contributed by atoms with Crippen LogP contribution in [0, 0.1) is 22.9 Å². The molecule has 0 aliphatic carbocycles. The zero-order chi connectivity index (χ0) is 17.4. The second-order valence-electron chi connectivity index (χ2n) is 5.01. The lowest BCUT2D eigenvalue weighted by molar-refractivity contribution is -0.384. The van der Waals surface area contributed by atoms with Crippen molar-refractivity contribution in [1.82, 2.24) is 4.98 Å². The lowest BCUT2D eigenvalue weighted by Crippen LogP contribution is -2.15. The summed E-state index contributed by atoms with van der Waals surface area (Å²) in [6.07, 6.45) is 0. The number of nitrogens with zero attached hydrogens (tertiary/aromatic N) is 2. The molecule has 0 atom stereocenters. The summed E-state index contributed by atoms with van der Waals surface area (Å²) in [4.78, 5) is 26.4. The van der Waals surface area contributed by atoms with Crippen molar-refractivity contribution in [1.29, 1.82) is 0 Å². The Morgan fingerprint density at radius 2 is 2.12 bits per heavy atom. The van der Waals surface area contributed by atoms with Gasteiger partial charge in [0.25, 0.3) is 11.6 Å². The zero-order valence-corrected chi connectivity index (χ0v) is 12.4. The highest BCUT2D eigenvalue weighted by Crippen LogP contribution is 2.28. The number of aryl methyl sites for hydroxylation is 1. The van der Waals surface area contributed by atoms with E-state index in [1.807, 2.05) is 0 Å². The number of halogens is 1. The summed E-state index contributed by atoms with van der Waals surface area (Å²) in [5.74, 6) is -1.23. The summed E-state index contributed by atoms with van der Waals surface area (Å²) in [5.41, 5.74) is 5.66. The Morgan fingerprint density at radius 3 is 2.83 bits per heavy atom. The van der Waals surface area contributed by atoms with Crippen LogP contribution in [0.15, 0.2) is 34.7 Å². The SMILES string of the molecule is Cc1nc2cc(NC(=O)c3cc(F)cc([N+](=O)[O-])c3N)ccc2o1. The first-order chi connectivity index (χ1) is 11.3. The predicted molar refractivity (Wildman–Crippen MR) is 84.2 cm³/mol. The lowest BCUT2D eigenvalue weighted by Gasteiger charge is -2.08. The summed E-state index contributed by atoms with van der Waals surface area (Å²) in [6, 6.07) is 6.25. The molecule has 3 N–H and O–H groups in total. The van der Waals surface area contributed by atoms with Gasteiger partial charge in [0, 0.05) is 12.6 Å². The van der Waals surface area contributed by atoms with Gasteiger partial charge in [0.2, 0.25) is 0 Å². The molecule has 9 heteroatoms. The Morgan fingerprint density at radius 1 is 1.38 bits per heavy atom. The number of nitrogens with one attached hydrogen (secondary N) is 1. The summed E-state index contributed by atoms with van der Waals surface area (Å²) >= 11 is 0. The number of amides is 1. The first-order valence-corrected chi connectivity index (χ1v) is 6.77. The van der Waals surface area contributed by atoms with Gasteiger partial charge in [-0.1, -0.05) is 0 Å². The molecular weight excluding hydrogens is 319 g/mol. The van der Waals surface area contributed by atoms with Crippen molar-refractivity contribution in [3.63, 3.8) is 0 Å². The van der Waals surface area contributed by atoms with E-state index >= 15 is 0 Å². The number of carbonyl (C=O) groups is 1. The number of anilines is 2. The Kier molecular flexibility index (Phi) is 3.60. The molecule has 0 aliphatic rings. The number of aromatic nitrogens is 1. The molecule has 1 heterocycles. The average molecular weight is 330 g/mol. The van der Waals surface area contributed by atoms with E-state index in [4.69, 9.17) is 10.2 Å². The number of hydrogen-bond acceptors (Lipinski definition) is 6. The third-order valence-electron chi connectivity index (χ3n) is 3.32. The van der Waals surface area contributed by atoms with Gasteiger partial charge in [-0.15, -0.1) is 0 Å². The maximum atomic E-state index is 13.5. The predicted octanol–water partition coefficient (Wildman–Crippen LogP) is 3.02. The standard InChI is InChI=1S/C15H11FN4O4/c1-7-18-11-6-9(2-3-13(11)24-7)19-15(21)10-4-8(16)5-12(14(10)17)20(22)23/h2-6H,17H2,1H3,(H,19,21). The van der Waals surface area contributed by atoms with Crippen molar-refractivity contribution in [2.45, 2.75) is 6.92 Å². The molecule has 0 saturated heterocycles. The Hall–Kier alpha value is -3.49. The summed E-state index contributed by atoms with van der Waals surface area (Å²) in [7, 11) is 0. The molecular formula is C15H11FN4O4. The summed E-state index contributed by atoms with van der Waals surface area (Å²) in [6.45, 7) is 1.69. The number of nitrogens with two attached hydrogens (primary N) is 1. The van der Waals surface area contributed by atoms with E-state index in [1.165, 1.54) is 0 Å². The van der Waals surface area contributed by atoms with E-state index in [-0.39, 0.29) is 5.56 Å². The van der Waals surface area contributed by atoms with E-state index in [0.717, 1.165) is 6.07 Å². The largest absolute Gasteiger partial charge is 0.441 e. The second kappa shape index (κ2) is 5.61. The zero-order valence-electron chi connectivity index (χ0n) is 12.4. The van der Waals surface area contributed by atoms with Gasteiger partial charge < -0.3 is 15.5 Å². The van der Waals surface area contributed by atoms with Crippen molar-refractivity contribution in [3.8, 4) is 0 Å². The van der Waals surface area contributed by atoms with Gasteiger partial charge in [0.1, 0.15) is 17.0 Å². The van der Waals surface area contributed by atoms with Gasteiger partial charge in [0.05, 0.1) is 16.6 Å². The molecule has 122 valence electrons. The molecule has 0 aliphatic heterocycles. The molecule has 0 unspecified atom stereocenters. The number of fused-ring (bicyclic) bond motifs is 1. The molecule has 1 amide bonds. The minimum atomic E-state index is -0.927. The van der Waals surface area contributed by atoms with Crippen LogP contribution < -0.4 is 11.1 Å². The van der Waals surface area contributed by atoms with Crippen LogP contribution in [-0.2, 0) is 0 Å². The molecule has 0 spiro atoms. The van der Waals surface area contributed by atoms with Crippen LogP contribution in [0.1, 0.15) is 16.2 Å². The molecule has 0 fully saturated rings. The van der Waals surface area contributed by atoms with Crippen LogP contribution in [0.2, 0.25) is 0 Å². The smallest absolute Gasteiger partial charge is 0.295 e. The number of rotatable bonds is 3. The number of hydrogen-bond donors (Lipinski definition) is 2. The second-order valence-corrected chi connectivity index (χ2v) is 5.01. The molecule has 24 heavy (non-hydrogen) atoms. The third-order valence-corrected chi connectivity index (χ3v) is 3.32. The first-order valence-electron chi connectivity index (χ1n) is 6.77. The van der Waals surface area contributed by atoms with Crippen LogP contribution in [-0.4, -0.2) is 15.8 Å². The van der Waals surface area contributed by atoms with Crippen LogP contribution in [0.4, 0.5) is 21.5 Å². The van der Waals surface area contributed by atoms with Crippen molar-refractivity contribution < 1.29 is 18.5 Å². The van der Waals surface area contributed by atoms with E-state index in [1.54, 1.807) is 25.1 Å². The Balaban J connectivity index is 1.95. The topological polar surface area (TPSA) is 124 Å². The van der Waals surface area contributed by atoms with Crippen LogP contribution >= 0.6 is 0 Å². The molecule has 0 saturated carbocycles. The maximum absolute atomic E-state index is 13.5. The highest BCUT2D eigenvalue weighted by molar-refractivity contribution is 6.09. The molecule has 1 aromatic heterocycles. The van der Waals surface area contributed by atoms with E-state index in [2.05, 4.69) is 10.3 Å². The number of oxazole rings is 1. The van der Waals surface area contributed by atoms with Crippen molar-refractivity contribution >= 4 is 34.1 Å². The number of nitro groups is 1. The lowest BCUT2D eigenvalue weighted by atomic mass is 10.1. The van der Waals surface area contributed by atoms with Gasteiger partial charge in [0.15, 0.2) is 11.5 Å². The average Bonchev–Trinajstić information content (AvgIpc) is 2.88. The van der Waals surface area contributed by atoms with E-state index < -0.39 is 28.0 Å². The van der Waals surface area contributed by atoms with E-state index in [9.17, 15) is 19.3 Å². The highest BCUT2D eigenvalue weighted by Gasteiger charge is 2.22. The molecule has 3 aromatic rings. The number of benzene rings is 2. The van der Waals surface area contributed by atoms with Crippen LogP contribution in [0.5, 0.6) is 0 Å². The maximum Gasteiger partial charge on any atom is 0.295 e. The van der Waals surface area contributed by atoms with Crippen molar-refractivity contribution in [3.05, 3.63) is 57.7 Å². The minimum Gasteiger partial charge on any atom is -0.441 e. The summed E-state index contributed by atoms with van der Waals surface area (Å²) < 4.78 is 18.8. The highest BCUT2D eigenvalue weighted by atomic mass is 19.1. The number of carbonyl (C=O) groups excluding carboxylic acids is 1. The fraction of sp³-hybridized carbons (Fsp3) is 0.0667. The number of nitrogen functional groups attached to an aromatic ring is 1. The van der Waals surface area contributed by atoms with Crippen LogP contribution in [0.3, 0.4) is 0 Å². The molecule has 2 aromatic carbocycles. The number of nitro benzene ring substituents is 1. The van der Waals surface area contributed by atoms with Gasteiger partial charge >= 0.3 is 0 Å². The Bertz CT molecular complexity index is 983. The normalized spacial score (nSPS) is 10.8. The van der Waals surface area contributed by atoms with E-state index in [0.29, 0.717) is 28.7 Å². The quantitative estimate of drug-likeness (QED) is 0.432. The molecule has 3 rings (SSSR count). The van der Waals surface area contributed by atoms with Gasteiger partial charge in [-0.25, -0.2) is 9.37 Å². The summed E-state index contributed by atoms with van der Waals surface area (Å²) in [5, 5.41) is 13.4. The van der Waals surface area contributed by atoms with Crippen molar-refractivity contribution in [2.75, 3.05) is 11.1 Å². The van der Waals surface area contributed by atoms with Crippen LogP contribution in [0.25, 0.3) is 11.1 Å². The van der Waals surface area contributed by atoms with Gasteiger partial charge in [-0.3, -0.25) is 14.9 Å². The Labute approximate surface area is 134 Å². The minimum absolute atomic E-state index is 0.321. The fourth-order valence-corrected chi connectivity index (χ4v) is 2.26. The third kappa shape index (κ3) is 2.74. The molecule has 0 bridgehead atoms. The molecule has 8 nitrogen and oxygen atoms in total. The first kappa shape index (κ1) is 15.4. The van der Waals surface area contributed by atoms with Gasteiger partial charge in [-0.2, -0.15) is 0 Å². The molecule has 0 radical (unpaired) electrons.